The molecule has 3 heteroatoms. The van der Waals surface area contributed by atoms with Crippen LogP contribution in [0, 0.1) is 0 Å². The summed E-state index contributed by atoms with van der Waals surface area (Å²) in [5, 5.41) is 2.16. The summed E-state index contributed by atoms with van der Waals surface area (Å²) in [5.74, 6) is 0.883. The van der Waals surface area contributed by atoms with Gasteiger partial charge in [0.05, 0.1) is 12.2 Å². The molecule has 1 heterocycles. The van der Waals surface area contributed by atoms with Gasteiger partial charge in [-0.05, 0) is 29.7 Å². The Balaban J connectivity index is 1.57. The first-order valence-electron chi connectivity index (χ1n) is 7.36. The number of para-hydroxylation sites is 1. The van der Waals surface area contributed by atoms with Crippen LogP contribution in [0.15, 0.2) is 66.7 Å². The molecular formula is C19H15NO2. The number of hydrogen-bond acceptors (Lipinski definition) is 2. The third-order valence-electron chi connectivity index (χ3n) is 3.98. The molecule has 0 aromatic heterocycles. The van der Waals surface area contributed by atoms with Crippen molar-refractivity contribution in [3.8, 4) is 5.75 Å². The van der Waals surface area contributed by atoms with Gasteiger partial charge in [0.2, 0.25) is 0 Å². The molecule has 4 rings (SSSR count). The number of carbonyl (C=O) groups excluding carboxylic acids is 1. The maximum atomic E-state index is 12.6. The van der Waals surface area contributed by atoms with Gasteiger partial charge >= 0.3 is 0 Å². The number of nitrogens with zero attached hydrogens (tertiary/aromatic N) is 1. The van der Waals surface area contributed by atoms with E-state index in [4.69, 9.17) is 4.74 Å². The van der Waals surface area contributed by atoms with Crippen LogP contribution in [0.1, 0.15) is 10.4 Å². The third-order valence-corrected chi connectivity index (χ3v) is 3.98. The van der Waals surface area contributed by atoms with Crippen LogP contribution in [0.25, 0.3) is 10.8 Å². The average Bonchev–Trinajstić information content (AvgIpc) is 2.84. The van der Waals surface area contributed by atoms with E-state index in [0.717, 1.165) is 27.8 Å². The Kier molecular flexibility index (Phi) is 3.04. The van der Waals surface area contributed by atoms with Gasteiger partial charge in [-0.25, -0.2) is 0 Å². The van der Waals surface area contributed by atoms with Crippen LogP contribution >= 0.6 is 0 Å². The lowest BCUT2D eigenvalue weighted by molar-refractivity contribution is 0.0989. The molecule has 0 radical (unpaired) electrons. The highest BCUT2D eigenvalue weighted by atomic mass is 16.5. The molecule has 0 spiro atoms. The standard InChI is InChI=1S/C19H15NO2/c21-19-16-10-4-6-14-7-5-11-17(18(14)16)20(19)12-13-22-15-8-2-1-3-9-15/h1-11H,12-13H2. The minimum atomic E-state index is 0.0588. The van der Waals surface area contributed by atoms with E-state index < -0.39 is 0 Å². The van der Waals surface area contributed by atoms with Gasteiger partial charge in [-0.3, -0.25) is 4.79 Å². The molecule has 108 valence electrons. The number of rotatable bonds is 4. The molecule has 0 aliphatic carbocycles. The van der Waals surface area contributed by atoms with Crippen LogP contribution in [-0.2, 0) is 0 Å². The molecule has 3 aromatic rings. The van der Waals surface area contributed by atoms with E-state index in [9.17, 15) is 4.79 Å². The molecule has 0 saturated carbocycles. The Bertz CT molecular complexity index is 837. The Morgan fingerprint density at radius 1 is 0.864 bits per heavy atom. The summed E-state index contributed by atoms with van der Waals surface area (Å²) in [7, 11) is 0. The zero-order chi connectivity index (χ0) is 14.9. The third kappa shape index (κ3) is 2.02. The fourth-order valence-electron chi connectivity index (χ4n) is 2.97. The average molecular weight is 289 g/mol. The molecule has 1 amide bonds. The first-order chi connectivity index (χ1) is 10.8. The lowest BCUT2D eigenvalue weighted by Gasteiger charge is -2.18. The highest BCUT2D eigenvalue weighted by Gasteiger charge is 2.29. The molecule has 22 heavy (non-hydrogen) atoms. The molecule has 0 N–H and O–H groups in total. The molecule has 0 saturated heterocycles. The van der Waals surface area contributed by atoms with E-state index >= 15 is 0 Å². The van der Waals surface area contributed by atoms with E-state index in [0.29, 0.717) is 13.2 Å². The van der Waals surface area contributed by atoms with Crippen molar-refractivity contribution in [1.29, 1.82) is 0 Å². The second-order valence-corrected chi connectivity index (χ2v) is 5.30. The first kappa shape index (κ1) is 12.9. The van der Waals surface area contributed by atoms with E-state index in [1.54, 1.807) is 4.90 Å². The van der Waals surface area contributed by atoms with E-state index in [1.807, 2.05) is 66.7 Å². The van der Waals surface area contributed by atoms with Crippen molar-refractivity contribution in [3.63, 3.8) is 0 Å². The quantitative estimate of drug-likeness (QED) is 0.729. The van der Waals surface area contributed by atoms with Gasteiger partial charge in [0.1, 0.15) is 12.4 Å². The second kappa shape index (κ2) is 5.19. The van der Waals surface area contributed by atoms with Crippen LogP contribution < -0.4 is 9.64 Å². The van der Waals surface area contributed by atoms with Crippen LogP contribution in [0.4, 0.5) is 5.69 Å². The minimum absolute atomic E-state index is 0.0588. The van der Waals surface area contributed by atoms with Crippen LogP contribution in [0.5, 0.6) is 5.75 Å². The topological polar surface area (TPSA) is 29.5 Å². The molecule has 0 fully saturated rings. The lowest BCUT2D eigenvalue weighted by atomic mass is 10.1. The Labute approximate surface area is 128 Å². The van der Waals surface area contributed by atoms with Crippen molar-refractivity contribution in [2.45, 2.75) is 0 Å². The number of hydrogen-bond donors (Lipinski definition) is 0. The van der Waals surface area contributed by atoms with Crippen molar-refractivity contribution in [1.82, 2.24) is 0 Å². The van der Waals surface area contributed by atoms with Gasteiger partial charge in [0, 0.05) is 10.9 Å². The highest BCUT2D eigenvalue weighted by molar-refractivity contribution is 6.24. The smallest absolute Gasteiger partial charge is 0.259 e. The van der Waals surface area contributed by atoms with Gasteiger partial charge in [0.25, 0.3) is 5.91 Å². The Morgan fingerprint density at radius 2 is 1.64 bits per heavy atom. The second-order valence-electron chi connectivity index (χ2n) is 5.30. The van der Waals surface area contributed by atoms with Crippen molar-refractivity contribution < 1.29 is 9.53 Å². The largest absolute Gasteiger partial charge is 0.492 e. The van der Waals surface area contributed by atoms with Crippen LogP contribution in [-0.4, -0.2) is 19.1 Å². The van der Waals surface area contributed by atoms with Gasteiger partial charge in [-0.2, -0.15) is 0 Å². The highest BCUT2D eigenvalue weighted by Crippen LogP contribution is 2.36. The van der Waals surface area contributed by atoms with Crippen LogP contribution in [0.2, 0.25) is 0 Å². The van der Waals surface area contributed by atoms with Crippen LogP contribution in [0.3, 0.4) is 0 Å². The van der Waals surface area contributed by atoms with Crippen molar-refractivity contribution in [2.75, 3.05) is 18.1 Å². The van der Waals surface area contributed by atoms with E-state index in [2.05, 4.69) is 0 Å². The van der Waals surface area contributed by atoms with E-state index in [-0.39, 0.29) is 5.91 Å². The molecule has 1 aliphatic rings. The summed E-state index contributed by atoms with van der Waals surface area (Å²) in [6.45, 7) is 1.02. The summed E-state index contributed by atoms with van der Waals surface area (Å²) < 4.78 is 5.72. The number of amides is 1. The minimum Gasteiger partial charge on any atom is -0.492 e. The molecule has 3 aromatic carbocycles. The molecular weight excluding hydrogens is 274 g/mol. The summed E-state index contributed by atoms with van der Waals surface area (Å²) in [6, 6.07) is 21.6. The zero-order valence-electron chi connectivity index (χ0n) is 12.0. The first-order valence-corrected chi connectivity index (χ1v) is 7.36. The number of benzene rings is 3. The van der Waals surface area contributed by atoms with Crippen molar-refractivity contribution >= 4 is 22.4 Å². The van der Waals surface area contributed by atoms with Gasteiger partial charge in [-0.1, -0.05) is 42.5 Å². The summed E-state index contributed by atoms with van der Waals surface area (Å²) in [5.41, 5.74) is 1.77. The Hall–Kier alpha value is -2.81. The Morgan fingerprint density at radius 3 is 2.45 bits per heavy atom. The number of ether oxygens (including phenoxy) is 1. The predicted octanol–water partition coefficient (Wildman–Crippen LogP) is 3.88. The SMILES string of the molecule is O=C1c2cccc3cccc(c23)N1CCOc1ccccc1. The van der Waals surface area contributed by atoms with E-state index in [1.165, 1.54) is 0 Å². The molecule has 0 unspecified atom stereocenters. The summed E-state index contributed by atoms with van der Waals surface area (Å²) in [4.78, 5) is 14.4. The van der Waals surface area contributed by atoms with Crippen molar-refractivity contribution in [3.05, 3.63) is 72.3 Å². The van der Waals surface area contributed by atoms with Gasteiger partial charge < -0.3 is 9.64 Å². The van der Waals surface area contributed by atoms with Gasteiger partial charge in [0.15, 0.2) is 0 Å². The number of carbonyl (C=O) groups is 1. The van der Waals surface area contributed by atoms with Crippen molar-refractivity contribution in [2.24, 2.45) is 0 Å². The lowest BCUT2D eigenvalue weighted by Crippen LogP contribution is -2.31. The molecule has 1 aliphatic heterocycles. The maximum Gasteiger partial charge on any atom is 0.259 e. The molecule has 0 atom stereocenters. The number of anilines is 1. The normalized spacial score (nSPS) is 12.9. The molecule has 0 bridgehead atoms. The fraction of sp³-hybridized carbons (Fsp3) is 0.105. The summed E-state index contributed by atoms with van der Waals surface area (Å²) in [6.07, 6.45) is 0. The zero-order valence-corrected chi connectivity index (χ0v) is 12.0. The predicted molar refractivity (Wildman–Crippen MR) is 87.6 cm³/mol. The maximum absolute atomic E-state index is 12.6. The van der Waals surface area contributed by atoms with Gasteiger partial charge in [-0.15, -0.1) is 0 Å². The monoisotopic (exact) mass is 289 g/mol. The fourth-order valence-corrected chi connectivity index (χ4v) is 2.97. The molecule has 3 nitrogen and oxygen atoms in total. The summed E-state index contributed by atoms with van der Waals surface area (Å²) >= 11 is 0.